The first-order valence-corrected chi connectivity index (χ1v) is 1.89. The molecule has 44 valence electrons. The van der Waals surface area contributed by atoms with Gasteiger partial charge >= 0.3 is 0 Å². The molecular formula is C4H2F3N. The lowest BCUT2D eigenvalue weighted by molar-refractivity contribution is 0.299. The minimum absolute atomic E-state index is 0.412. The summed E-state index contributed by atoms with van der Waals surface area (Å²) in [6.45, 7) is 0. The van der Waals surface area contributed by atoms with E-state index in [1.165, 1.54) is 0 Å². The molecule has 1 aromatic rings. The van der Waals surface area contributed by atoms with E-state index in [1.807, 2.05) is 0 Å². The van der Waals surface area contributed by atoms with Crippen LogP contribution in [0.3, 0.4) is 0 Å². The van der Waals surface area contributed by atoms with Gasteiger partial charge in [-0.25, -0.2) is 4.39 Å². The summed E-state index contributed by atoms with van der Waals surface area (Å²) in [5, 5.41) is 0. The minimum Gasteiger partial charge on any atom is -0.205 e. The lowest BCUT2D eigenvalue weighted by atomic mass is 10.6. The van der Waals surface area contributed by atoms with Crippen molar-refractivity contribution >= 4 is 0 Å². The maximum Gasteiger partial charge on any atom is 0.225 e. The molecule has 0 aliphatic carbocycles. The van der Waals surface area contributed by atoms with E-state index in [0.29, 0.717) is 12.3 Å². The van der Waals surface area contributed by atoms with Gasteiger partial charge in [-0.3, -0.25) is 0 Å². The van der Waals surface area contributed by atoms with Gasteiger partial charge in [-0.05, 0) is 0 Å². The molecule has 8 heavy (non-hydrogen) atoms. The van der Waals surface area contributed by atoms with Crippen LogP contribution >= 0.6 is 0 Å². The van der Waals surface area contributed by atoms with Crippen LogP contribution in [0.1, 0.15) is 0 Å². The first-order valence-electron chi connectivity index (χ1n) is 1.89. The third-order valence-electron chi connectivity index (χ3n) is 0.698. The molecule has 0 aromatic carbocycles. The van der Waals surface area contributed by atoms with Crippen LogP contribution < -0.4 is 0 Å². The van der Waals surface area contributed by atoms with E-state index in [9.17, 15) is 13.3 Å². The third kappa shape index (κ3) is 0.685. The Morgan fingerprint density at radius 1 is 1.38 bits per heavy atom. The first kappa shape index (κ1) is 5.21. The van der Waals surface area contributed by atoms with Gasteiger partial charge in [0.1, 0.15) is 5.82 Å². The quantitative estimate of drug-likeness (QED) is 0.490. The molecule has 4 heteroatoms. The summed E-state index contributed by atoms with van der Waals surface area (Å²) in [5.41, 5.74) is 0. The standard InChI is InChI=1S/C4H2F3N/c5-3-1-4(6)8(7)2-3/h1-2H. The van der Waals surface area contributed by atoms with Crippen LogP contribution in [0.15, 0.2) is 12.3 Å². The number of hydrogen-bond acceptors (Lipinski definition) is 0. The second-order valence-corrected chi connectivity index (χ2v) is 1.29. The smallest absolute Gasteiger partial charge is 0.205 e. The van der Waals surface area contributed by atoms with E-state index >= 15 is 0 Å². The van der Waals surface area contributed by atoms with Crippen LogP contribution in [0, 0.1) is 11.8 Å². The highest BCUT2D eigenvalue weighted by molar-refractivity contribution is 4.94. The van der Waals surface area contributed by atoms with Crippen LogP contribution in [-0.4, -0.2) is 4.79 Å². The van der Waals surface area contributed by atoms with Crippen LogP contribution in [-0.2, 0) is 0 Å². The van der Waals surface area contributed by atoms with Crippen LogP contribution in [0.2, 0.25) is 0 Å². The molecule has 1 aromatic heterocycles. The van der Waals surface area contributed by atoms with Gasteiger partial charge in [0.2, 0.25) is 5.95 Å². The molecule has 0 atom stereocenters. The van der Waals surface area contributed by atoms with Gasteiger partial charge in [0, 0.05) is 6.07 Å². The Morgan fingerprint density at radius 3 is 2.12 bits per heavy atom. The lowest BCUT2D eigenvalue weighted by Crippen LogP contribution is -1.79. The molecule has 1 nitrogen and oxygen atoms in total. The van der Waals surface area contributed by atoms with E-state index in [1.54, 1.807) is 0 Å². The molecule has 0 amide bonds. The maximum atomic E-state index is 11.7. The van der Waals surface area contributed by atoms with Crippen molar-refractivity contribution in [3.63, 3.8) is 0 Å². The second-order valence-electron chi connectivity index (χ2n) is 1.29. The zero-order valence-electron chi connectivity index (χ0n) is 3.74. The van der Waals surface area contributed by atoms with Crippen molar-refractivity contribution in [2.45, 2.75) is 0 Å². The number of rotatable bonds is 0. The molecule has 0 aliphatic heterocycles. The molecule has 1 rings (SSSR count). The highest BCUT2D eigenvalue weighted by atomic mass is 19.2. The lowest BCUT2D eigenvalue weighted by Gasteiger charge is -1.78. The van der Waals surface area contributed by atoms with Gasteiger partial charge in [0.15, 0.2) is 0 Å². The highest BCUT2D eigenvalue weighted by Crippen LogP contribution is 2.03. The summed E-state index contributed by atoms with van der Waals surface area (Å²) in [6.07, 6.45) is 0.412. The van der Waals surface area contributed by atoms with Gasteiger partial charge in [0.05, 0.1) is 6.20 Å². The van der Waals surface area contributed by atoms with Crippen molar-refractivity contribution in [1.82, 2.24) is 4.79 Å². The second kappa shape index (κ2) is 1.54. The molecule has 0 bridgehead atoms. The summed E-state index contributed by atoms with van der Waals surface area (Å²) >= 11 is 0. The zero-order valence-corrected chi connectivity index (χ0v) is 3.74. The average Bonchev–Trinajstić information content (AvgIpc) is 1.85. The summed E-state index contributed by atoms with van der Waals surface area (Å²) in [7, 11) is 0. The topological polar surface area (TPSA) is 4.93 Å². The van der Waals surface area contributed by atoms with Crippen molar-refractivity contribution in [2.75, 3.05) is 0 Å². The fourth-order valence-corrected chi connectivity index (χ4v) is 0.383. The molecule has 0 spiro atoms. The number of nitrogens with zero attached hydrogens (tertiary/aromatic N) is 1. The Kier molecular flexibility index (Phi) is 1.00. The van der Waals surface area contributed by atoms with Crippen molar-refractivity contribution in [1.29, 1.82) is 0 Å². The van der Waals surface area contributed by atoms with Crippen molar-refractivity contribution < 1.29 is 13.3 Å². The van der Waals surface area contributed by atoms with E-state index < -0.39 is 16.6 Å². The summed E-state index contributed by atoms with van der Waals surface area (Å²) in [4.78, 5) is -0.421. The molecule has 0 fully saturated rings. The van der Waals surface area contributed by atoms with Gasteiger partial charge < -0.3 is 0 Å². The first-order chi connectivity index (χ1) is 3.70. The highest BCUT2D eigenvalue weighted by Gasteiger charge is 2.01. The van der Waals surface area contributed by atoms with Crippen LogP contribution in [0.4, 0.5) is 13.3 Å². The molecule has 0 saturated carbocycles. The van der Waals surface area contributed by atoms with Crippen molar-refractivity contribution in [3.05, 3.63) is 24.0 Å². The Bertz CT molecular complexity index is 174. The summed E-state index contributed by atoms with van der Waals surface area (Å²) in [5.74, 6) is -2.13. The zero-order chi connectivity index (χ0) is 6.15. The molecular weight excluding hydrogens is 119 g/mol. The molecule has 0 aliphatic rings. The summed E-state index contributed by atoms with van der Waals surface area (Å²) < 4.78 is 35.0. The largest absolute Gasteiger partial charge is 0.225 e. The average molecular weight is 121 g/mol. The van der Waals surface area contributed by atoms with Gasteiger partial charge in [-0.1, -0.05) is 4.48 Å². The molecule has 0 saturated heterocycles. The van der Waals surface area contributed by atoms with E-state index in [0.717, 1.165) is 0 Å². The Balaban J connectivity index is 3.14. The Morgan fingerprint density at radius 2 is 2.00 bits per heavy atom. The van der Waals surface area contributed by atoms with Crippen molar-refractivity contribution in [2.24, 2.45) is 0 Å². The maximum absolute atomic E-state index is 11.7. The van der Waals surface area contributed by atoms with E-state index in [-0.39, 0.29) is 0 Å². The Hall–Kier alpha value is -0.930. The van der Waals surface area contributed by atoms with Gasteiger partial charge in [-0.15, -0.1) is 0 Å². The monoisotopic (exact) mass is 121 g/mol. The van der Waals surface area contributed by atoms with Gasteiger partial charge in [-0.2, -0.15) is 9.18 Å². The normalized spacial score (nSPS) is 9.88. The SMILES string of the molecule is Fc1cc(F)n(F)c1. The van der Waals surface area contributed by atoms with Crippen molar-refractivity contribution in [3.8, 4) is 0 Å². The number of aromatic nitrogens is 1. The molecule has 0 N–H and O–H groups in total. The number of halogens is 3. The van der Waals surface area contributed by atoms with Gasteiger partial charge in [0.25, 0.3) is 0 Å². The number of hydrogen-bond donors (Lipinski definition) is 0. The fourth-order valence-electron chi connectivity index (χ4n) is 0.383. The van der Waals surface area contributed by atoms with E-state index in [2.05, 4.69) is 0 Å². The third-order valence-corrected chi connectivity index (χ3v) is 0.698. The fraction of sp³-hybridized carbons (Fsp3) is 0. The van der Waals surface area contributed by atoms with Crippen LogP contribution in [0.25, 0.3) is 0 Å². The molecule has 1 heterocycles. The summed E-state index contributed by atoms with van der Waals surface area (Å²) in [6, 6.07) is 0.458. The minimum atomic E-state index is -1.22. The predicted octanol–water partition coefficient (Wildman–Crippen LogP) is 1.50. The Labute approximate surface area is 43.3 Å². The van der Waals surface area contributed by atoms with E-state index in [4.69, 9.17) is 0 Å². The van der Waals surface area contributed by atoms with Crippen LogP contribution in [0.5, 0.6) is 0 Å². The molecule has 0 unspecified atom stereocenters. The molecule has 0 radical (unpaired) electrons. The predicted molar refractivity (Wildman–Crippen MR) is 20.9 cm³/mol.